The Balaban J connectivity index is 2.25. The lowest BCUT2D eigenvalue weighted by Crippen LogP contribution is -2.14. The molecule has 4 heteroatoms. The number of thioether (sulfide) groups is 1. The summed E-state index contributed by atoms with van der Waals surface area (Å²) in [4.78, 5) is 22.2. The summed E-state index contributed by atoms with van der Waals surface area (Å²) >= 11 is 1.48. The molecule has 92 valence electrons. The maximum atomic E-state index is 11.5. The van der Waals surface area contributed by atoms with E-state index in [0.29, 0.717) is 17.9 Å². The molecule has 1 N–H and O–H groups in total. The van der Waals surface area contributed by atoms with Crippen molar-refractivity contribution in [3.05, 3.63) is 29.8 Å². The Morgan fingerprint density at radius 3 is 2.47 bits per heavy atom. The molecule has 0 spiro atoms. The first kappa shape index (κ1) is 13.8. The summed E-state index contributed by atoms with van der Waals surface area (Å²) in [6.07, 6.45) is 0.530. The van der Waals surface area contributed by atoms with Gasteiger partial charge in [0.05, 0.1) is 5.75 Å². The number of Topliss-reactive ketones (excluding diaryl/α,β-unsaturated/α-hetero) is 1. The molecule has 0 aliphatic carbocycles. The molecule has 0 fully saturated rings. The molecule has 3 nitrogen and oxygen atoms in total. The van der Waals surface area contributed by atoms with E-state index < -0.39 is 0 Å². The van der Waals surface area contributed by atoms with Gasteiger partial charge in [-0.3, -0.25) is 9.59 Å². The monoisotopic (exact) mass is 251 g/mol. The number of carbonyl (C=O) groups excluding carboxylic acids is 2. The van der Waals surface area contributed by atoms with Crippen LogP contribution in [-0.2, 0) is 9.59 Å². The van der Waals surface area contributed by atoms with Crippen molar-refractivity contribution in [3.8, 4) is 0 Å². The predicted octanol–water partition coefficient (Wildman–Crippen LogP) is 2.65. The van der Waals surface area contributed by atoms with Gasteiger partial charge in [-0.15, -0.1) is 0 Å². The third kappa shape index (κ3) is 6.12. The van der Waals surface area contributed by atoms with Crippen molar-refractivity contribution in [3.63, 3.8) is 0 Å². The van der Waals surface area contributed by atoms with Gasteiger partial charge in [0.1, 0.15) is 5.78 Å². The highest BCUT2D eigenvalue weighted by Gasteiger charge is 2.02. The second-order valence-electron chi connectivity index (χ2n) is 3.92. The third-order valence-corrected chi connectivity index (χ3v) is 3.13. The lowest BCUT2D eigenvalue weighted by atomic mass is 10.2. The van der Waals surface area contributed by atoms with Crippen LogP contribution in [0.4, 0.5) is 5.69 Å². The average molecular weight is 251 g/mol. The summed E-state index contributed by atoms with van der Waals surface area (Å²) in [6.45, 7) is 3.57. The van der Waals surface area contributed by atoms with E-state index in [4.69, 9.17) is 0 Å². The van der Waals surface area contributed by atoms with Crippen LogP contribution in [0.3, 0.4) is 0 Å². The number of carbonyl (C=O) groups is 2. The second kappa shape index (κ2) is 7.12. The molecule has 0 aromatic heterocycles. The zero-order valence-electron chi connectivity index (χ0n) is 10.2. The highest BCUT2D eigenvalue weighted by atomic mass is 32.2. The standard InChI is InChI=1S/C13H17NO2S/c1-10-3-5-12(6-4-10)14-13(16)9-17-8-7-11(2)15/h3-6H,7-9H2,1-2H3,(H,14,16). The number of anilines is 1. The van der Waals surface area contributed by atoms with Crippen molar-refractivity contribution in [2.45, 2.75) is 20.3 Å². The fourth-order valence-electron chi connectivity index (χ4n) is 1.21. The Labute approximate surface area is 106 Å². The predicted molar refractivity (Wildman–Crippen MR) is 72.4 cm³/mol. The number of amides is 1. The fourth-order valence-corrected chi connectivity index (χ4v) is 2.05. The molecular weight excluding hydrogens is 234 g/mol. The van der Waals surface area contributed by atoms with Crippen LogP contribution < -0.4 is 5.32 Å². The average Bonchev–Trinajstić information content (AvgIpc) is 2.27. The highest BCUT2D eigenvalue weighted by molar-refractivity contribution is 7.99. The minimum absolute atomic E-state index is 0.0256. The van der Waals surface area contributed by atoms with Gasteiger partial charge < -0.3 is 5.32 Å². The summed E-state index contributed by atoms with van der Waals surface area (Å²) in [7, 11) is 0. The van der Waals surface area contributed by atoms with Crippen molar-refractivity contribution in [2.24, 2.45) is 0 Å². The number of aryl methyl sites for hydroxylation is 1. The first-order valence-corrected chi connectivity index (χ1v) is 6.67. The number of hydrogen-bond acceptors (Lipinski definition) is 3. The minimum atomic E-state index is -0.0256. The van der Waals surface area contributed by atoms with Gasteiger partial charge in [0.2, 0.25) is 5.91 Å². The van der Waals surface area contributed by atoms with E-state index in [1.165, 1.54) is 17.3 Å². The lowest BCUT2D eigenvalue weighted by molar-refractivity contribution is -0.116. The molecule has 0 radical (unpaired) electrons. The highest BCUT2D eigenvalue weighted by Crippen LogP contribution is 2.10. The van der Waals surface area contributed by atoms with Crippen LogP contribution in [0.5, 0.6) is 0 Å². The topological polar surface area (TPSA) is 46.2 Å². The molecule has 1 aromatic rings. The molecular formula is C13H17NO2S. The molecule has 0 unspecified atom stereocenters. The van der Waals surface area contributed by atoms with Crippen LogP contribution in [0, 0.1) is 6.92 Å². The second-order valence-corrected chi connectivity index (χ2v) is 5.02. The molecule has 1 rings (SSSR count). The third-order valence-electron chi connectivity index (χ3n) is 2.17. The normalized spacial score (nSPS) is 10.0. The summed E-state index contributed by atoms with van der Waals surface area (Å²) in [5.41, 5.74) is 1.98. The van der Waals surface area contributed by atoms with Gasteiger partial charge in [-0.25, -0.2) is 0 Å². The maximum Gasteiger partial charge on any atom is 0.234 e. The van der Waals surface area contributed by atoms with Crippen LogP contribution in [0.15, 0.2) is 24.3 Å². The fraction of sp³-hybridized carbons (Fsp3) is 0.385. The van der Waals surface area contributed by atoms with Crippen molar-refractivity contribution < 1.29 is 9.59 Å². The quantitative estimate of drug-likeness (QED) is 0.791. The molecule has 0 atom stereocenters. The van der Waals surface area contributed by atoms with Crippen LogP contribution in [-0.4, -0.2) is 23.2 Å². The summed E-state index contributed by atoms with van der Waals surface area (Å²) in [6, 6.07) is 7.68. The molecule has 0 saturated heterocycles. The first-order valence-electron chi connectivity index (χ1n) is 5.51. The van der Waals surface area contributed by atoms with Crippen molar-refractivity contribution >= 4 is 29.1 Å². The SMILES string of the molecule is CC(=O)CCSCC(=O)Nc1ccc(C)cc1. The van der Waals surface area contributed by atoms with Crippen molar-refractivity contribution in [2.75, 3.05) is 16.8 Å². The van der Waals surface area contributed by atoms with Crippen LogP contribution >= 0.6 is 11.8 Å². The minimum Gasteiger partial charge on any atom is -0.325 e. The van der Waals surface area contributed by atoms with Gasteiger partial charge in [0.25, 0.3) is 0 Å². The van der Waals surface area contributed by atoms with E-state index in [1.54, 1.807) is 6.92 Å². The Hall–Kier alpha value is -1.29. The molecule has 1 amide bonds. The van der Waals surface area contributed by atoms with Gasteiger partial charge in [0.15, 0.2) is 0 Å². The van der Waals surface area contributed by atoms with Gasteiger partial charge in [-0.05, 0) is 26.0 Å². The van der Waals surface area contributed by atoms with Gasteiger partial charge in [-0.1, -0.05) is 17.7 Å². The lowest BCUT2D eigenvalue weighted by Gasteiger charge is -2.05. The van der Waals surface area contributed by atoms with Gasteiger partial charge >= 0.3 is 0 Å². The molecule has 0 aliphatic heterocycles. The molecule has 0 aliphatic rings. The van der Waals surface area contributed by atoms with Crippen molar-refractivity contribution in [1.82, 2.24) is 0 Å². The van der Waals surface area contributed by atoms with Gasteiger partial charge in [-0.2, -0.15) is 11.8 Å². The van der Waals surface area contributed by atoms with E-state index in [9.17, 15) is 9.59 Å². The van der Waals surface area contributed by atoms with Crippen LogP contribution in [0.25, 0.3) is 0 Å². The van der Waals surface area contributed by atoms with E-state index in [2.05, 4.69) is 5.32 Å². The van der Waals surface area contributed by atoms with E-state index in [-0.39, 0.29) is 11.7 Å². The zero-order valence-corrected chi connectivity index (χ0v) is 11.0. The number of nitrogens with one attached hydrogen (secondary N) is 1. The molecule has 17 heavy (non-hydrogen) atoms. The molecule has 0 bridgehead atoms. The Bertz CT molecular complexity index is 387. The summed E-state index contributed by atoms with van der Waals surface area (Å²) in [5, 5.41) is 2.81. The Morgan fingerprint density at radius 1 is 1.24 bits per heavy atom. The van der Waals surface area contributed by atoms with E-state index >= 15 is 0 Å². The van der Waals surface area contributed by atoms with Crippen LogP contribution in [0.1, 0.15) is 18.9 Å². The van der Waals surface area contributed by atoms with Crippen molar-refractivity contribution in [1.29, 1.82) is 0 Å². The first-order chi connectivity index (χ1) is 8.08. The molecule has 1 aromatic carbocycles. The van der Waals surface area contributed by atoms with E-state index in [0.717, 1.165) is 5.69 Å². The van der Waals surface area contributed by atoms with Crippen LogP contribution in [0.2, 0.25) is 0 Å². The number of benzene rings is 1. The zero-order chi connectivity index (χ0) is 12.7. The molecule has 0 saturated carbocycles. The smallest absolute Gasteiger partial charge is 0.234 e. The summed E-state index contributed by atoms with van der Waals surface area (Å²) < 4.78 is 0. The van der Waals surface area contributed by atoms with Gasteiger partial charge in [0, 0.05) is 17.9 Å². The largest absolute Gasteiger partial charge is 0.325 e. The van der Waals surface area contributed by atoms with E-state index in [1.807, 2.05) is 31.2 Å². The summed E-state index contributed by atoms with van der Waals surface area (Å²) in [5.74, 6) is 1.23. The Kier molecular flexibility index (Phi) is 5.77. The maximum absolute atomic E-state index is 11.5. The Morgan fingerprint density at radius 2 is 1.88 bits per heavy atom. The molecule has 0 heterocycles. The number of hydrogen-bond donors (Lipinski definition) is 1. The number of rotatable bonds is 6. The number of ketones is 1.